The summed E-state index contributed by atoms with van der Waals surface area (Å²) in [4.78, 5) is 11.4. The summed E-state index contributed by atoms with van der Waals surface area (Å²) in [6.45, 7) is 4.11. The van der Waals surface area contributed by atoms with Gasteiger partial charge in [-0.1, -0.05) is 6.92 Å². The maximum Gasteiger partial charge on any atom is 0.223 e. The third-order valence-electron chi connectivity index (χ3n) is 2.87. The second kappa shape index (κ2) is 3.05. The topological polar surface area (TPSA) is 41.1 Å². The molecule has 0 aromatic heterocycles. The predicted octanol–water partition coefficient (Wildman–Crippen LogP) is 0.120. The van der Waals surface area contributed by atoms with E-state index in [9.17, 15) is 4.79 Å². The molecule has 0 bridgehead atoms. The molecule has 0 unspecified atom stereocenters. The van der Waals surface area contributed by atoms with Crippen molar-refractivity contribution < 1.29 is 4.79 Å². The fraction of sp³-hybridized carbons (Fsp3) is 0.889. The van der Waals surface area contributed by atoms with Gasteiger partial charge in [-0.2, -0.15) is 0 Å². The van der Waals surface area contributed by atoms with E-state index < -0.39 is 0 Å². The van der Waals surface area contributed by atoms with Crippen molar-refractivity contribution in [1.82, 2.24) is 10.6 Å². The Labute approximate surface area is 72.9 Å². The van der Waals surface area contributed by atoms with Gasteiger partial charge in [0.25, 0.3) is 0 Å². The van der Waals surface area contributed by atoms with Crippen molar-refractivity contribution in [2.45, 2.75) is 25.8 Å². The highest BCUT2D eigenvalue weighted by Gasteiger charge is 2.33. The minimum absolute atomic E-state index is 0.277. The van der Waals surface area contributed by atoms with Crippen LogP contribution in [0.4, 0.5) is 0 Å². The van der Waals surface area contributed by atoms with Gasteiger partial charge in [0.1, 0.15) is 0 Å². The summed E-state index contributed by atoms with van der Waals surface area (Å²) in [6.07, 6.45) is 2.18. The molecule has 2 rings (SSSR count). The maximum absolute atomic E-state index is 11.4. The molecule has 3 heteroatoms. The van der Waals surface area contributed by atoms with Gasteiger partial charge in [-0.05, 0) is 18.8 Å². The number of carbonyl (C=O) groups is 1. The van der Waals surface area contributed by atoms with Gasteiger partial charge in [0.05, 0.1) is 6.04 Å². The highest BCUT2D eigenvalue weighted by atomic mass is 16.2. The van der Waals surface area contributed by atoms with Crippen molar-refractivity contribution in [2.24, 2.45) is 11.8 Å². The average Bonchev–Trinajstić information content (AvgIpc) is 1.90. The van der Waals surface area contributed by atoms with Gasteiger partial charge in [0, 0.05) is 19.0 Å². The molecular formula is C9H16N2O. The fourth-order valence-electron chi connectivity index (χ4n) is 1.83. The molecule has 1 heterocycles. The Kier molecular flexibility index (Phi) is 2.05. The molecule has 2 fully saturated rings. The summed E-state index contributed by atoms with van der Waals surface area (Å²) in [7, 11) is 0. The normalized spacial score (nSPS) is 35.1. The molecule has 0 aromatic carbocycles. The van der Waals surface area contributed by atoms with Crippen LogP contribution in [0.25, 0.3) is 0 Å². The van der Waals surface area contributed by atoms with Crippen LogP contribution in [0.2, 0.25) is 0 Å². The van der Waals surface area contributed by atoms with Crippen molar-refractivity contribution >= 4 is 5.91 Å². The lowest BCUT2D eigenvalue weighted by atomic mass is 9.75. The number of hydrogen-bond acceptors (Lipinski definition) is 2. The number of nitrogens with one attached hydrogen (secondary N) is 2. The third-order valence-corrected chi connectivity index (χ3v) is 2.87. The van der Waals surface area contributed by atoms with Gasteiger partial charge in [-0.3, -0.25) is 4.79 Å². The molecule has 12 heavy (non-hydrogen) atoms. The fourth-order valence-corrected chi connectivity index (χ4v) is 1.83. The molecule has 0 radical (unpaired) electrons. The second-order valence-corrected chi connectivity index (χ2v) is 4.14. The summed E-state index contributed by atoms with van der Waals surface area (Å²) in [5.41, 5.74) is 0. The molecule has 1 saturated carbocycles. The Morgan fingerprint density at radius 3 is 2.50 bits per heavy atom. The Morgan fingerprint density at radius 2 is 2.08 bits per heavy atom. The molecule has 1 saturated heterocycles. The van der Waals surface area contributed by atoms with Crippen molar-refractivity contribution in [3.63, 3.8) is 0 Å². The minimum atomic E-state index is 0.277. The van der Waals surface area contributed by atoms with Crippen LogP contribution in [0.15, 0.2) is 0 Å². The van der Waals surface area contributed by atoms with Crippen molar-refractivity contribution in [3.8, 4) is 0 Å². The average molecular weight is 168 g/mol. The lowest BCUT2D eigenvalue weighted by Gasteiger charge is -2.35. The highest BCUT2D eigenvalue weighted by molar-refractivity contribution is 5.79. The van der Waals surface area contributed by atoms with Crippen LogP contribution < -0.4 is 10.6 Å². The van der Waals surface area contributed by atoms with Crippen molar-refractivity contribution in [1.29, 1.82) is 0 Å². The monoisotopic (exact) mass is 168 g/mol. The zero-order chi connectivity index (χ0) is 8.55. The summed E-state index contributed by atoms with van der Waals surface area (Å²) < 4.78 is 0. The van der Waals surface area contributed by atoms with E-state index >= 15 is 0 Å². The first-order chi connectivity index (χ1) is 5.75. The van der Waals surface area contributed by atoms with Crippen LogP contribution in [0.5, 0.6) is 0 Å². The molecule has 68 valence electrons. The first kappa shape index (κ1) is 8.05. The van der Waals surface area contributed by atoms with Gasteiger partial charge < -0.3 is 10.6 Å². The van der Waals surface area contributed by atoms with Gasteiger partial charge in [-0.25, -0.2) is 0 Å². The lowest BCUT2D eigenvalue weighted by Crippen LogP contribution is -2.58. The molecule has 2 aliphatic rings. The Hall–Kier alpha value is -0.570. The van der Waals surface area contributed by atoms with E-state index in [1.807, 2.05) is 0 Å². The van der Waals surface area contributed by atoms with Gasteiger partial charge in [0.2, 0.25) is 5.91 Å². The van der Waals surface area contributed by atoms with Crippen molar-refractivity contribution in [3.05, 3.63) is 0 Å². The first-order valence-electron chi connectivity index (χ1n) is 4.77. The predicted molar refractivity (Wildman–Crippen MR) is 46.7 cm³/mol. The lowest BCUT2D eigenvalue weighted by molar-refractivity contribution is -0.129. The summed E-state index contributed by atoms with van der Waals surface area (Å²) >= 11 is 0. The zero-order valence-electron chi connectivity index (χ0n) is 7.47. The number of hydrogen-bond donors (Lipinski definition) is 2. The van der Waals surface area contributed by atoms with Gasteiger partial charge in [0.15, 0.2) is 0 Å². The standard InChI is InChI=1S/C9H16N2O/c1-6-2-7(3-6)9(12)11-8-4-10-5-8/h6-8,10H,2-5H2,1H3,(H,11,12). The Morgan fingerprint density at radius 1 is 1.42 bits per heavy atom. The minimum Gasteiger partial charge on any atom is -0.351 e. The third kappa shape index (κ3) is 1.46. The largest absolute Gasteiger partial charge is 0.351 e. The molecule has 0 atom stereocenters. The Bertz CT molecular complexity index is 183. The zero-order valence-corrected chi connectivity index (χ0v) is 7.47. The van der Waals surface area contributed by atoms with Crippen LogP contribution in [0.1, 0.15) is 19.8 Å². The van der Waals surface area contributed by atoms with E-state index in [4.69, 9.17) is 0 Å². The highest BCUT2D eigenvalue weighted by Crippen LogP contribution is 2.33. The molecule has 1 aliphatic carbocycles. The SMILES string of the molecule is CC1CC(C(=O)NC2CNC2)C1. The smallest absolute Gasteiger partial charge is 0.223 e. The van der Waals surface area contributed by atoms with Crippen LogP contribution in [0, 0.1) is 11.8 Å². The molecule has 3 nitrogen and oxygen atoms in total. The summed E-state index contributed by atoms with van der Waals surface area (Å²) in [5, 5.41) is 6.17. The van der Waals surface area contributed by atoms with Crippen molar-refractivity contribution in [2.75, 3.05) is 13.1 Å². The molecular weight excluding hydrogens is 152 g/mol. The van der Waals surface area contributed by atoms with E-state index in [-0.39, 0.29) is 5.91 Å². The second-order valence-electron chi connectivity index (χ2n) is 4.14. The van der Waals surface area contributed by atoms with Gasteiger partial charge >= 0.3 is 0 Å². The van der Waals surface area contributed by atoms with Crippen LogP contribution in [-0.2, 0) is 4.79 Å². The number of amides is 1. The number of carbonyl (C=O) groups excluding carboxylic acids is 1. The molecule has 1 aliphatic heterocycles. The molecule has 0 aromatic rings. The number of rotatable bonds is 2. The molecule has 1 amide bonds. The van der Waals surface area contributed by atoms with Gasteiger partial charge in [-0.15, -0.1) is 0 Å². The van der Waals surface area contributed by atoms with Crippen LogP contribution >= 0.6 is 0 Å². The molecule has 0 spiro atoms. The Balaban J connectivity index is 1.70. The summed E-state index contributed by atoms with van der Waals surface area (Å²) in [5.74, 6) is 1.36. The van der Waals surface area contributed by atoms with Crippen LogP contribution in [0.3, 0.4) is 0 Å². The molecule has 2 N–H and O–H groups in total. The first-order valence-corrected chi connectivity index (χ1v) is 4.77. The van der Waals surface area contributed by atoms with Crippen LogP contribution in [-0.4, -0.2) is 25.0 Å². The van der Waals surface area contributed by atoms with E-state index in [0.29, 0.717) is 12.0 Å². The van der Waals surface area contributed by atoms with E-state index in [1.165, 1.54) is 0 Å². The van der Waals surface area contributed by atoms with E-state index in [1.54, 1.807) is 0 Å². The summed E-state index contributed by atoms with van der Waals surface area (Å²) in [6, 6.07) is 0.411. The maximum atomic E-state index is 11.4. The van der Waals surface area contributed by atoms with E-state index in [2.05, 4.69) is 17.6 Å². The van der Waals surface area contributed by atoms with E-state index in [0.717, 1.165) is 31.8 Å². The quantitative estimate of drug-likeness (QED) is 0.615.